The molecule has 0 amide bonds. The minimum Gasteiger partial charge on any atom is -0.463 e. The first-order valence-electron chi connectivity index (χ1n) is 21.7. The lowest BCUT2D eigenvalue weighted by atomic mass is 9.34. The Kier molecular flexibility index (Phi) is 13.1. The third-order valence-corrected chi connectivity index (χ3v) is 16.7. The third kappa shape index (κ3) is 7.76. The average molecular weight is 827 g/mol. The van der Waals surface area contributed by atoms with E-state index in [2.05, 4.69) is 26.8 Å². The predicted molar refractivity (Wildman–Crippen MR) is 210 cm³/mol. The van der Waals surface area contributed by atoms with Crippen LogP contribution in [-0.2, 0) is 28.5 Å². The summed E-state index contributed by atoms with van der Waals surface area (Å²) in [5.41, 5.74) is -1.84. The summed E-state index contributed by atoms with van der Waals surface area (Å²) in [4.78, 5) is 11.9. The summed E-state index contributed by atoms with van der Waals surface area (Å²) in [6, 6.07) is 0. The normalized spacial score (nSPS) is 51.1. The lowest BCUT2D eigenvalue weighted by Gasteiger charge is -2.72. The highest BCUT2D eigenvalue weighted by Crippen LogP contribution is 2.76. The monoisotopic (exact) mass is 827 g/mol. The molecule has 0 bridgehead atoms. The van der Waals surface area contributed by atoms with Gasteiger partial charge in [0.15, 0.2) is 12.6 Å². The van der Waals surface area contributed by atoms with Gasteiger partial charge in [-0.2, -0.15) is 0 Å². The maximum atomic E-state index is 12.3. The van der Waals surface area contributed by atoms with Crippen molar-refractivity contribution in [1.29, 1.82) is 0 Å². The van der Waals surface area contributed by atoms with Crippen LogP contribution < -0.4 is 0 Å². The van der Waals surface area contributed by atoms with E-state index < -0.39 is 120 Å². The van der Waals surface area contributed by atoms with Crippen molar-refractivity contribution in [3.05, 3.63) is 11.6 Å². The fourth-order valence-corrected chi connectivity index (χ4v) is 13.5. The second kappa shape index (κ2) is 16.5. The van der Waals surface area contributed by atoms with Gasteiger partial charge in [-0.25, -0.2) is 0 Å². The Hall–Kier alpha value is -1.27. The highest BCUT2D eigenvalue weighted by Gasteiger charge is 2.73. The van der Waals surface area contributed by atoms with E-state index in [-0.39, 0.29) is 23.7 Å². The molecular weight excluding hydrogens is 752 g/mol. The Morgan fingerprint density at radius 1 is 0.828 bits per heavy atom. The number of ether oxygens (including phenoxy) is 5. The van der Waals surface area contributed by atoms with Crippen LogP contribution in [0.25, 0.3) is 0 Å². The van der Waals surface area contributed by atoms with Gasteiger partial charge < -0.3 is 64.5 Å². The van der Waals surface area contributed by atoms with Crippen molar-refractivity contribution < 1.29 is 69.3 Å². The molecule has 21 atom stereocenters. The van der Waals surface area contributed by atoms with Crippen LogP contribution in [0.4, 0.5) is 0 Å². The second-order valence-electron chi connectivity index (χ2n) is 20.9. The Morgan fingerprint density at radius 3 is 2.14 bits per heavy atom. The van der Waals surface area contributed by atoms with Gasteiger partial charge in [0.05, 0.1) is 30.0 Å². The minimum absolute atomic E-state index is 0.0193. The van der Waals surface area contributed by atoms with Crippen LogP contribution >= 0.6 is 0 Å². The molecule has 0 spiro atoms. The molecule has 2 saturated heterocycles. The third-order valence-electron chi connectivity index (χ3n) is 16.7. The van der Waals surface area contributed by atoms with E-state index in [0.717, 1.165) is 19.3 Å². The Labute approximate surface area is 344 Å². The second-order valence-corrected chi connectivity index (χ2v) is 20.9. The van der Waals surface area contributed by atoms with Gasteiger partial charge in [-0.3, -0.25) is 4.79 Å². The quantitative estimate of drug-likeness (QED) is 0.0902. The van der Waals surface area contributed by atoms with Crippen LogP contribution in [0.3, 0.4) is 0 Å². The molecule has 0 aromatic rings. The summed E-state index contributed by atoms with van der Waals surface area (Å²) in [5.74, 6) is -1.23. The highest BCUT2D eigenvalue weighted by atomic mass is 16.8. The van der Waals surface area contributed by atoms with E-state index >= 15 is 0 Å². The number of rotatable bonds is 10. The molecule has 58 heavy (non-hydrogen) atoms. The molecule has 334 valence electrons. The van der Waals surface area contributed by atoms with E-state index in [0.29, 0.717) is 32.1 Å². The smallest absolute Gasteiger partial charge is 0.302 e. The maximum Gasteiger partial charge on any atom is 0.302 e. The largest absolute Gasteiger partial charge is 0.463 e. The number of allylic oxidation sites excluding steroid dienone is 2. The SMILES string of the molecule is CC(=O)OC[C@H]1O[C@@H](O[C@H]2C[C@]3(C)C(C[C@@H](O)C4C([C@@](C)(O)CCC=C(C)C)CC[C@]43C)[C@@]3(C)CC[C@H](O)C(C)(C)C23)[C@H](O[C@@H]2O[C@@H](C)[C@H](O)[C@@H](O)[C@H]2O)[C@@H](O)[C@@H]1O. The van der Waals surface area contributed by atoms with E-state index in [9.17, 15) is 45.6 Å². The lowest BCUT2D eigenvalue weighted by molar-refractivity contribution is -0.382. The zero-order valence-electron chi connectivity index (χ0n) is 36.3. The molecular formula is C44H74O14. The summed E-state index contributed by atoms with van der Waals surface area (Å²) >= 11 is 0. The number of hydrogen-bond donors (Lipinski definition) is 8. The highest BCUT2D eigenvalue weighted by molar-refractivity contribution is 5.65. The molecule has 8 N–H and O–H groups in total. The number of carbonyl (C=O) groups excluding carboxylic acids is 1. The molecule has 2 aliphatic heterocycles. The van der Waals surface area contributed by atoms with Crippen LogP contribution in [0, 0.1) is 45.3 Å². The summed E-state index contributed by atoms with van der Waals surface area (Å²) in [7, 11) is 0. The summed E-state index contributed by atoms with van der Waals surface area (Å²) in [5, 5.41) is 91.0. The Morgan fingerprint density at radius 2 is 1.50 bits per heavy atom. The van der Waals surface area contributed by atoms with Gasteiger partial charge in [0, 0.05) is 6.92 Å². The number of esters is 1. The molecule has 6 rings (SSSR count). The average Bonchev–Trinajstić information content (AvgIpc) is 3.52. The van der Waals surface area contributed by atoms with Crippen LogP contribution in [0.5, 0.6) is 0 Å². The summed E-state index contributed by atoms with van der Waals surface area (Å²) in [6.07, 6.45) is -9.45. The summed E-state index contributed by atoms with van der Waals surface area (Å²) < 4.78 is 30.7. The van der Waals surface area contributed by atoms with E-state index in [1.165, 1.54) is 19.4 Å². The van der Waals surface area contributed by atoms with Gasteiger partial charge in [0.25, 0.3) is 0 Å². The van der Waals surface area contributed by atoms with Crippen molar-refractivity contribution in [2.75, 3.05) is 6.61 Å². The molecule has 6 fully saturated rings. The molecule has 14 nitrogen and oxygen atoms in total. The molecule has 6 aliphatic rings. The maximum absolute atomic E-state index is 12.3. The number of aliphatic hydroxyl groups is 8. The number of carbonyl (C=O) groups is 1. The molecule has 4 unspecified atom stereocenters. The van der Waals surface area contributed by atoms with Crippen molar-refractivity contribution in [3.63, 3.8) is 0 Å². The van der Waals surface area contributed by atoms with E-state index in [1.54, 1.807) is 0 Å². The topological polar surface area (TPSA) is 225 Å². The number of aliphatic hydroxyl groups excluding tert-OH is 7. The van der Waals surface area contributed by atoms with Gasteiger partial charge in [0.2, 0.25) is 0 Å². The van der Waals surface area contributed by atoms with Crippen molar-refractivity contribution >= 4 is 5.97 Å². The Balaban J connectivity index is 1.40. The molecule has 0 aromatic heterocycles. The van der Waals surface area contributed by atoms with Gasteiger partial charge in [-0.1, -0.05) is 46.3 Å². The number of hydrogen-bond acceptors (Lipinski definition) is 14. The molecule has 4 aliphatic carbocycles. The van der Waals surface area contributed by atoms with Crippen molar-refractivity contribution in [3.8, 4) is 0 Å². The van der Waals surface area contributed by atoms with E-state index in [4.69, 9.17) is 23.7 Å². The van der Waals surface area contributed by atoms with Crippen molar-refractivity contribution in [1.82, 2.24) is 0 Å². The van der Waals surface area contributed by atoms with Gasteiger partial charge in [-0.05, 0) is 124 Å². The fraction of sp³-hybridized carbons (Fsp3) is 0.932. The van der Waals surface area contributed by atoms with Crippen molar-refractivity contribution in [2.45, 2.75) is 206 Å². The number of fused-ring (bicyclic) bond motifs is 5. The standard InChI is InChI=1S/C44H74O14/c1-21(2)12-11-15-44(10,53)24-13-17-42(8)30(24)25(46)18-28-41(7)16-14-29(47)40(5,6)37(41)26(19-43(28,42)9)56-39-36(34(51)32(49)27(57-39)20-54-23(4)45)58-38-35(52)33(50)31(48)22(3)55-38/h12,22,24-39,46-53H,11,13-20H2,1-10H3/t22-,24?,25+,26-,27+,28?,29-,30?,31-,32+,33+,34-,35+,36+,37?,38-,39+,41+,42+,43+,44-/m0/s1. The Bertz CT molecular complexity index is 1500. The first kappa shape index (κ1) is 46.2. The minimum atomic E-state index is -1.72. The molecule has 0 radical (unpaired) electrons. The zero-order valence-corrected chi connectivity index (χ0v) is 36.3. The van der Waals surface area contributed by atoms with E-state index in [1.807, 2.05) is 34.6 Å². The van der Waals surface area contributed by atoms with Crippen LogP contribution in [0.15, 0.2) is 11.6 Å². The summed E-state index contributed by atoms with van der Waals surface area (Å²) in [6.45, 7) is 19.2. The zero-order chi connectivity index (χ0) is 43.1. The predicted octanol–water partition coefficient (Wildman–Crippen LogP) is 2.72. The lowest BCUT2D eigenvalue weighted by Crippen LogP contribution is -2.71. The van der Waals surface area contributed by atoms with Gasteiger partial charge >= 0.3 is 5.97 Å². The van der Waals surface area contributed by atoms with Crippen LogP contribution in [0.1, 0.15) is 121 Å². The molecule has 14 heteroatoms. The molecule has 4 saturated carbocycles. The molecule has 0 aromatic carbocycles. The van der Waals surface area contributed by atoms with Crippen molar-refractivity contribution in [2.24, 2.45) is 45.3 Å². The first-order chi connectivity index (χ1) is 26.8. The fourth-order valence-electron chi connectivity index (χ4n) is 13.5. The van der Waals surface area contributed by atoms with Gasteiger partial charge in [0.1, 0.15) is 49.3 Å². The van der Waals surface area contributed by atoms with Crippen LogP contribution in [-0.4, -0.2) is 139 Å². The van der Waals surface area contributed by atoms with Gasteiger partial charge in [-0.15, -0.1) is 0 Å². The van der Waals surface area contributed by atoms with Crippen LogP contribution in [0.2, 0.25) is 0 Å². The molecule has 2 heterocycles. The first-order valence-corrected chi connectivity index (χ1v) is 21.7.